The summed E-state index contributed by atoms with van der Waals surface area (Å²) in [5.74, 6) is 0. The third-order valence-electron chi connectivity index (χ3n) is 3.43. The third-order valence-corrected chi connectivity index (χ3v) is 3.43. The van der Waals surface area contributed by atoms with Gasteiger partial charge in [-0.1, -0.05) is 18.2 Å². The predicted octanol–water partition coefficient (Wildman–Crippen LogP) is 2.66. The van der Waals surface area contributed by atoms with Crippen LogP contribution in [0, 0.1) is 0 Å². The maximum atomic E-state index is 12.3. The summed E-state index contributed by atoms with van der Waals surface area (Å²) in [6.45, 7) is -0.215. The van der Waals surface area contributed by atoms with Crippen LogP contribution in [0.4, 0.5) is 19.3 Å². The van der Waals surface area contributed by atoms with Crippen molar-refractivity contribution in [2.75, 3.05) is 5.32 Å². The highest BCUT2D eigenvalue weighted by molar-refractivity contribution is 5.88. The van der Waals surface area contributed by atoms with Crippen LogP contribution in [-0.4, -0.2) is 31.8 Å². The van der Waals surface area contributed by atoms with Gasteiger partial charge in [0.1, 0.15) is 6.54 Å². The molecule has 7 nitrogen and oxygen atoms in total. The lowest BCUT2D eigenvalue weighted by Crippen LogP contribution is -2.28. The molecular weight excluding hydrogens is 330 g/mol. The van der Waals surface area contributed by atoms with Gasteiger partial charge in [0.05, 0.1) is 23.9 Å². The van der Waals surface area contributed by atoms with E-state index in [1.807, 2.05) is 35.0 Å². The zero-order valence-corrected chi connectivity index (χ0v) is 13.1. The molecule has 3 aromatic rings. The van der Waals surface area contributed by atoms with Gasteiger partial charge in [-0.25, -0.2) is 18.6 Å². The molecule has 0 fully saturated rings. The molecule has 0 spiro atoms. The SMILES string of the molecule is O=C(NCc1ccccc1-n1ccnc1)Nc1cnn(CC(F)F)c1. The minimum absolute atomic E-state index is 0.297. The van der Waals surface area contributed by atoms with E-state index >= 15 is 0 Å². The Balaban J connectivity index is 1.59. The summed E-state index contributed by atoms with van der Waals surface area (Å²) < 4.78 is 27.5. The fourth-order valence-corrected chi connectivity index (χ4v) is 2.33. The maximum Gasteiger partial charge on any atom is 0.319 e. The first-order valence-electron chi connectivity index (χ1n) is 7.53. The van der Waals surface area contributed by atoms with Crippen molar-refractivity contribution < 1.29 is 13.6 Å². The number of urea groups is 1. The average molecular weight is 346 g/mol. The molecule has 2 amide bonds. The van der Waals surface area contributed by atoms with Crippen LogP contribution in [-0.2, 0) is 13.1 Å². The van der Waals surface area contributed by atoms with Gasteiger partial charge in [-0.2, -0.15) is 5.10 Å². The quantitative estimate of drug-likeness (QED) is 0.720. The van der Waals surface area contributed by atoms with Crippen LogP contribution in [0.15, 0.2) is 55.4 Å². The van der Waals surface area contributed by atoms with E-state index < -0.39 is 19.0 Å². The molecule has 3 rings (SSSR count). The summed E-state index contributed by atoms with van der Waals surface area (Å²) >= 11 is 0. The molecular formula is C16H16F2N6O. The van der Waals surface area contributed by atoms with Crippen LogP contribution in [0.25, 0.3) is 5.69 Å². The van der Waals surface area contributed by atoms with Crippen molar-refractivity contribution in [1.29, 1.82) is 0 Å². The number of aromatic nitrogens is 4. The van der Waals surface area contributed by atoms with Crippen molar-refractivity contribution in [1.82, 2.24) is 24.6 Å². The first-order valence-corrected chi connectivity index (χ1v) is 7.53. The minimum Gasteiger partial charge on any atom is -0.334 e. The highest BCUT2D eigenvalue weighted by Gasteiger charge is 2.09. The second-order valence-electron chi connectivity index (χ2n) is 5.25. The Morgan fingerprint density at radius 3 is 2.88 bits per heavy atom. The van der Waals surface area contributed by atoms with Gasteiger partial charge in [-0.3, -0.25) is 4.68 Å². The van der Waals surface area contributed by atoms with Crippen LogP contribution < -0.4 is 10.6 Å². The van der Waals surface area contributed by atoms with Gasteiger partial charge in [0, 0.05) is 25.1 Å². The second-order valence-corrected chi connectivity index (χ2v) is 5.25. The fourth-order valence-electron chi connectivity index (χ4n) is 2.33. The molecule has 1 aromatic carbocycles. The molecule has 0 radical (unpaired) electrons. The first-order chi connectivity index (χ1) is 12.1. The summed E-state index contributed by atoms with van der Waals surface area (Å²) in [5.41, 5.74) is 2.16. The molecule has 25 heavy (non-hydrogen) atoms. The van der Waals surface area contributed by atoms with Crippen molar-refractivity contribution in [3.63, 3.8) is 0 Å². The molecule has 0 bridgehead atoms. The van der Waals surface area contributed by atoms with Gasteiger partial charge in [-0.15, -0.1) is 0 Å². The van der Waals surface area contributed by atoms with Crippen molar-refractivity contribution >= 4 is 11.7 Å². The Kier molecular flexibility index (Phi) is 5.03. The summed E-state index contributed by atoms with van der Waals surface area (Å²) in [6, 6.07) is 7.15. The van der Waals surface area contributed by atoms with E-state index in [1.54, 1.807) is 12.5 Å². The molecule has 0 aliphatic carbocycles. The van der Waals surface area contributed by atoms with E-state index in [0.29, 0.717) is 12.2 Å². The molecule has 0 aliphatic heterocycles. The molecule has 0 unspecified atom stereocenters. The van der Waals surface area contributed by atoms with E-state index in [2.05, 4.69) is 20.7 Å². The lowest BCUT2D eigenvalue weighted by Gasteiger charge is -2.11. The monoisotopic (exact) mass is 346 g/mol. The molecule has 2 N–H and O–H groups in total. The number of rotatable bonds is 6. The first kappa shape index (κ1) is 16.6. The number of nitrogens with one attached hydrogen (secondary N) is 2. The molecule has 0 saturated carbocycles. The van der Waals surface area contributed by atoms with Crippen molar-refractivity contribution in [3.8, 4) is 5.69 Å². The van der Waals surface area contributed by atoms with Gasteiger partial charge in [0.25, 0.3) is 6.43 Å². The Bertz CT molecular complexity index is 831. The minimum atomic E-state index is -2.50. The summed E-state index contributed by atoms with van der Waals surface area (Å²) in [7, 11) is 0. The lowest BCUT2D eigenvalue weighted by atomic mass is 10.1. The van der Waals surface area contributed by atoms with Crippen molar-refractivity contribution in [2.24, 2.45) is 0 Å². The Labute approximate surface area is 142 Å². The molecule has 0 saturated heterocycles. The number of benzene rings is 1. The molecule has 2 heterocycles. The van der Waals surface area contributed by atoms with Crippen molar-refractivity contribution in [2.45, 2.75) is 19.5 Å². The third kappa shape index (κ3) is 4.40. The number of nitrogens with zero attached hydrogens (tertiary/aromatic N) is 4. The normalized spacial score (nSPS) is 10.8. The smallest absolute Gasteiger partial charge is 0.319 e. The number of alkyl halides is 2. The second kappa shape index (κ2) is 7.56. The number of hydrogen-bond donors (Lipinski definition) is 2. The topological polar surface area (TPSA) is 76.8 Å². The average Bonchev–Trinajstić information content (AvgIpc) is 3.25. The zero-order chi connectivity index (χ0) is 17.6. The fraction of sp³-hybridized carbons (Fsp3) is 0.188. The number of anilines is 1. The number of para-hydroxylation sites is 1. The largest absolute Gasteiger partial charge is 0.334 e. The molecule has 0 atom stereocenters. The highest BCUT2D eigenvalue weighted by atomic mass is 19.3. The van der Waals surface area contributed by atoms with E-state index in [0.717, 1.165) is 15.9 Å². The predicted molar refractivity (Wildman–Crippen MR) is 87.7 cm³/mol. The van der Waals surface area contributed by atoms with Gasteiger partial charge in [0.2, 0.25) is 0 Å². The van der Waals surface area contributed by atoms with Crippen molar-refractivity contribution in [3.05, 3.63) is 60.9 Å². The van der Waals surface area contributed by atoms with Crippen LogP contribution in [0.1, 0.15) is 5.56 Å². The van der Waals surface area contributed by atoms with Crippen LogP contribution >= 0.6 is 0 Å². The van der Waals surface area contributed by atoms with Crippen LogP contribution in [0.2, 0.25) is 0 Å². The molecule has 0 aliphatic rings. The summed E-state index contributed by atoms with van der Waals surface area (Å²) in [6.07, 6.45) is 5.34. The van der Waals surface area contributed by atoms with Gasteiger partial charge in [0.15, 0.2) is 0 Å². The molecule has 2 aromatic heterocycles. The molecule has 130 valence electrons. The number of imidazole rings is 1. The maximum absolute atomic E-state index is 12.3. The van der Waals surface area contributed by atoms with E-state index in [1.165, 1.54) is 12.4 Å². The Morgan fingerprint density at radius 2 is 2.12 bits per heavy atom. The lowest BCUT2D eigenvalue weighted by molar-refractivity contribution is 0.122. The summed E-state index contributed by atoms with van der Waals surface area (Å²) in [5, 5.41) is 9.05. The number of amides is 2. The number of halogens is 2. The van der Waals surface area contributed by atoms with Gasteiger partial charge >= 0.3 is 6.03 Å². The number of carbonyl (C=O) groups excluding carboxylic acids is 1. The zero-order valence-electron chi connectivity index (χ0n) is 13.1. The van der Waals surface area contributed by atoms with Gasteiger partial charge in [-0.05, 0) is 11.6 Å². The highest BCUT2D eigenvalue weighted by Crippen LogP contribution is 2.14. The molecule has 9 heteroatoms. The van der Waals surface area contributed by atoms with E-state index in [9.17, 15) is 13.6 Å². The van der Waals surface area contributed by atoms with E-state index in [4.69, 9.17) is 0 Å². The van der Waals surface area contributed by atoms with Gasteiger partial charge < -0.3 is 15.2 Å². The Hall–Kier alpha value is -3.23. The number of hydrogen-bond acceptors (Lipinski definition) is 3. The summed E-state index contributed by atoms with van der Waals surface area (Å²) in [4.78, 5) is 16.0. The van der Waals surface area contributed by atoms with Crippen LogP contribution in [0.5, 0.6) is 0 Å². The van der Waals surface area contributed by atoms with E-state index in [-0.39, 0.29) is 0 Å². The number of carbonyl (C=O) groups is 1. The van der Waals surface area contributed by atoms with Crippen LogP contribution in [0.3, 0.4) is 0 Å². The Morgan fingerprint density at radius 1 is 1.28 bits per heavy atom. The standard InChI is InChI=1S/C16H16F2N6O/c17-15(18)10-24-9-13(8-21-24)22-16(25)20-7-12-3-1-2-4-14(12)23-6-5-19-11-23/h1-6,8-9,11,15H,7,10H2,(H2,20,22,25).